The minimum Gasteiger partial charge on any atom is -0.292 e. The number of likely N-dealkylation sites (N-methyl/N-ethyl adjacent to an activating group) is 1. The van der Waals surface area contributed by atoms with Crippen molar-refractivity contribution in [2.24, 2.45) is 0 Å². The zero-order valence-corrected chi connectivity index (χ0v) is 13.4. The van der Waals surface area contributed by atoms with Crippen molar-refractivity contribution < 1.29 is 4.79 Å². The van der Waals surface area contributed by atoms with Gasteiger partial charge in [0.25, 0.3) is 0 Å². The zero-order chi connectivity index (χ0) is 13.8. The van der Waals surface area contributed by atoms with Gasteiger partial charge in [-0.1, -0.05) is 34.1 Å². The third-order valence-electron chi connectivity index (χ3n) is 3.15. The predicted octanol–water partition coefficient (Wildman–Crippen LogP) is 4.21. The molecular formula is C15H16BrNOS. The van der Waals surface area contributed by atoms with Crippen LogP contribution in [0, 0.1) is 0 Å². The van der Waals surface area contributed by atoms with Crippen LogP contribution >= 0.6 is 27.3 Å². The highest BCUT2D eigenvalue weighted by molar-refractivity contribution is 9.10. The Morgan fingerprint density at radius 2 is 2.00 bits per heavy atom. The van der Waals surface area contributed by atoms with Crippen LogP contribution in [0.2, 0.25) is 0 Å². The van der Waals surface area contributed by atoms with Gasteiger partial charge in [-0.15, -0.1) is 11.3 Å². The Kier molecular flexibility index (Phi) is 4.91. The van der Waals surface area contributed by atoms with Gasteiger partial charge in [-0.2, -0.15) is 0 Å². The molecule has 0 radical (unpaired) electrons. The van der Waals surface area contributed by atoms with Crippen LogP contribution in [0.1, 0.15) is 22.2 Å². The molecule has 0 fully saturated rings. The second-order valence-electron chi connectivity index (χ2n) is 4.54. The molecule has 0 bridgehead atoms. The van der Waals surface area contributed by atoms with Gasteiger partial charge in [-0.25, -0.2) is 0 Å². The highest BCUT2D eigenvalue weighted by Crippen LogP contribution is 2.16. The lowest BCUT2D eigenvalue weighted by molar-refractivity contribution is 0.0863. The number of halogens is 1. The molecule has 1 unspecified atom stereocenters. The Bertz CT molecular complexity index is 536. The van der Waals surface area contributed by atoms with Gasteiger partial charge in [-0.3, -0.25) is 9.69 Å². The van der Waals surface area contributed by atoms with Gasteiger partial charge in [0, 0.05) is 21.5 Å². The Morgan fingerprint density at radius 1 is 1.32 bits per heavy atom. The number of thiophene rings is 1. The number of hydrogen-bond acceptors (Lipinski definition) is 3. The van der Waals surface area contributed by atoms with Gasteiger partial charge >= 0.3 is 0 Å². The maximum atomic E-state index is 12.4. The van der Waals surface area contributed by atoms with Gasteiger partial charge < -0.3 is 0 Å². The van der Waals surface area contributed by atoms with Gasteiger partial charge in [-0.05, 0) is 37.6 Å². The smallest absolute Gasteiger partial charge is 0.179 e. The summed E-state index contributed by atoms with van der Waals surface area (Å²) in [4.78, 5) is 15.7. The molecule has 2 nitrogen and oxygen atoms in total. The monoisotopic (exact) mass is 337 g/mol. The molecule has 100 valence electrons. The topological polar surface area (TPSA) is 20.3 Å². The first kappa shape index (κ1) is 14.4. The summed E-state index contributed by atoms with van der Waals surface area (Å²) < 4.78 is 0.989. The second-order valence-corrected chi connectivity index (χ2v) is 6.49. The maximum absolute atomic E-state index is 12.4. The van der Waals surface area contributed by atoms with Crippen LogP contribution in [0.5, 0.6) is 0 Å². The largest absolute Gasteiger partial charge is 0.292 e. The van der Waals surface area contributed by atoms with E-state index in [1.807, 2.05) is 44.3 Å². The van der Waals surface area contributed by atoms with Gasteiger partial charge in [0.05, 0.1) is 6.04 Å². The number of nitrogens with zero attached hydrogens (tertiary/aromatic N) is 1. The van der Waals surface area contributed by atoms with E-state index in [0.717, 1.165) is 16.6 Å². The Morgan fingerprint density at radius 3 is 2.58 bits per heavy atom. The van der Waals surface area contributed by atoms with E-state index in [1.54, 1.807) is 11.3 Å². The van der Waals surface area contributed by atoms with Crippen molar-refractivity contribution in [3.05, 3.63) is 56.7 Å². The maximum Gasteiger partial charge on any atom is 0.179 e. The lowest BCUT2D eigenvalue weighted by Crippen LogP contribution is -2.35. The number of Topliss-reactive ketones (excluding diaryl/α,β-unsaturated/α-hetero) is 1. The first-order chi connectivity index (χ1) is 9.08. The summed E-state index contributed by atoms with van der Waals surface area (Å²) in [6.07, 6.45) is 0. The van der Waals surface area contributed by atoms with E-state index in [9.17, 15) is 4.79 Å². The lowest BCUT2D eigenvalue weighted by Gasteiger charge is -2.23. The summed E-state index contributed by atoms with van der Waals surface area (Å²) in [5, 5.41) is 2.06. The van der Waals surface area contributed by atoms with Crippen molar-refractivity contribution in [3.8, 4) is 0 Å². The van der Waals surface area contributed by atoms with Crippen molar-refractivity contribution in [2.75, 3.05) is 7.05 Å². The summed E-state index contributed by atoms with van der Waals surface area (Å²) in [5.41, 5.74) is 0.758. The Hall–Kier alpha value is -0.970. The summed E-state index contributed by atoms with van der Waals surface area (Å²) >= 11 is 5.10. The Balaban J connectivity index is 2.04. The first-order valence-electron chi connectivity index (χ1n) is 6.10. The molecular weight excluding hydrogens is 322 g/mol. The van der Waals surface area contributed by atoms with E-state index in [-0.39, 0.29) is 11.8 Å². The number of ketones is 1. The first-order valence-corrected chi connectivity index (χ1v) is 7.77. The van der Waals surface area contributed by atoms with E-state index in [4.69, 9.17) is 0 Å². The molecule has 0 spiro atoms. The number of hydrogen-bond donors (Lipinski definition) is 0. The van der Waals surface area contributed by atoms with Crippen LogP contribution in [0.15, 0.2) is 46.3 Å². The molecule has 1 aromatic carbocycles. The standard InChI is InChI=1S/C15H16BrNOS/c1-11(17(2)10-14-4-3-9-19-14)15(18)12-5-7-13(16)8-6-12/h3-9,11H,10H2,1-2H3. The average molecular weight is 338 g/mol. The van der Waals surface area contributed by atoms with Gasteiger partial charge in [0.15, 0.2) is 5.78 Å². The minimum atomic E-state index is -0.122. The van der Waals surface area contributed by atoms with E-state index >= 15 is 0 Å². The SMILES string of the molecule is CC(C(=O)c1ccc(Br)cc1)N(C)Cc1cccs1. The van der Waals surface area contributed by atoms with Crippen LogP contribution in [-0.4, -0.2) is 23.8 Å². The molecule has 1 heterocycles. The number of rotatable bonds is 5. The van der Waals surface area contributed by atoms with Gasteiger partial charge in [0.2, 0.25) is 0 Å². The molecule has 1 atom stereocenters. The molecule has 0 aliphatic rings. The van der Waals surface area contributed by atoms with Gasteiger partial charge in [0.1, 0.15) is 0 Å². The van der Waals surface area contributed by atoms with Crippen LogP contribution in [0.25, 0.3) is 0 Å². The number of carbonyl (C=O) groups excluding carboxylic acids is 1. The van der Waals surface area contributed by atoms with Crippen LogP contribution < -0.4 is 0 Å². The third-order valence-corrected chi connectivity index (χ3v) is 4.54. The number of carbonyl (C=O) groups is 1. The third kappa shape index (κ3) is 3.75. The summed E-state index contributed by atoms with van der Waals surface area (Å²) in [6.45, 7) is 2.76. The van der Waals surface area contributed by atoms with E-state index in [2.05, 4.69) is 32.3 Å². The van der Waals surface area contributed by atoms with Crippen LogP contribution in [0.4, 0.5) is 0 Å². The van der Waals surface area contributed by atoms with Crippen LogP contribution in [-0.2, 0) is 6.54 Å². The predicted molar refractivity (Wildman–Crippen MR) is 83.7 cm³/mol. The lowest BCUT2D eigenvalue weighted by atomic mass is 10.0. The van der Waals surface area contributed by atoms with E-state index < -0.39 is 0 Å². The molecule has 0 aliphatic heterocycles. The molecule has 0 N–H and O–H groups in total. The molecule has 2 aromatic rings. The molecule has 0 saturated carbocycles. The fourth-order valence-corrected chi connectivity index (χ4v) is 2.87. The zero-order valence-electron chi connectivity index (χ0n) is 11.0. The normalized spacial score (nSPS) is 12.6. The Labute approximate surface area is 126 Å². The van der Waals surface area contributed by atoms with E-state index in [0.29, 0.717) is 0 Å². The van der Waals surface area contributed by atoms with Crippen molar-refractivity contribution in [2.45, 2.75) is 19.5 Å². The molecule has 2 rings (SSSR count). The molecule has 4 heteroatoms. The highest BCUT2D eigenvalue weighted by Gasteiger charge is 2.19. The molecule has 0 amide bonds. The molecule has 0 saturated heterocycles. The summed E-state index contributed by atoms with van der Waals surface area (Å²) in [7, 11) is 1.99. The van der Waals surface area contributed by atoms with Crippen LogP contribution in [0.3, 0.4) is 0 Å². The van der Waals surface area contributed by atoms with E-state index in [1.165, 1.54) is 4.88 Å². The second kappa shape index (κ2) is 6.46. The summed E-state index contributed by atoms with van der Waals surface area (Å²) in [5.74, 6) is 0.159. The van der Waals surface area contributed by atoms with Crippen molar-refractivity contribution in [3.63, 3.8) is 0 Å². The molecule has 19 heavy (non-hydrogen) atoms. The average Bonchev–Trinajstić information content (AvgIpc) is 2.90. The molecule has 0 aliphatic carbocycles. The molecule has 1 aromatic heterocycles. The minimum absolute atomic E-state index is 0.122. The summed E-state index contributed by atoms with van der Waals surface area (Å²) in [6, 6.07) is 11.5. The fourth-order valence-electron chi connectivity index (χ4n) is 1.84. The van der Waals surface area contributed by atoms with Crippen molar-refractivity contribution >= 4 is 33.0 Å². The number of benzene rings is 1. The quantitative estimate of drug-likeness (QED) is 0.761. The van der Waals surface area contributed by atoms with Crippen molar-refractivity contribution in [1.29, 1.82) is 0 Å². The highest BCUT2D eigenvalue weighted by atomic mass is 79.9. The van der Waals surface area contributed by atoms with Crippen molar-refractivity contribution in [1.82, 2.24) is 4.90 Å². The fraction of sp³-hybridized carbons (Fsp3) is 0.267.